The van der Waals surface area contributed by atoms with Gasteiger partial charge in [-0.3, -0.25) is 4.98 Å². The van der Waals surface area contributed by atoms with Crippen LogP contribution < -0.4 is 5.32 Å². The fourth-order valence-corrected chi connectivity index (χ4v) is 2.26. The topological polar surface area (TPSA) is 42.7 Å². The number of hydrogen-bond donors (Lipinski definition) is 1. The van der Waals surface area contributed by atoms with Crippen molar-refractivity contribution in [2.45, 2.75) is 13.1 Å². The Morgan fingerprint density at radius 1 is 1.16 bits per heavy atom. The Labute approximate surface area is 112 Å². The molecule has 3 aromatic rings. The fraction of sp³-hybridized carbons (Fsp3) is 0.200. The van der Waals surface area contributed by atoms with E-state index in [0.717, 1.165) is 24.3 Å². The molecule has 0 fully saturated rings. The molecule has 4 nitrogen and oxygen atoms in total. The highest BCUT2D eigenvalue weighted by atomic mass is 15.0. The van der Waals surface area contributed by atoms with Gasteiger partial charge < -0.3 is 9.88 Å². The van der Waals surface area contributed by atoms with E-state index in [9.17, 15) is 0 Å². The first kappa shape index (κ1) is 11.9. The summed E-state index contributed by atoms with van der Waals surface area (Å²) in [5.41, 5.74) is 3.33. The van der Waals surface area contributed by atoms with Crippen LogP contribution in [0.15, 0.2) is 49.1 Å². The number of fused-ring (bicyclic) bond motifs is 1. The van der Waals surface area contributed by atoms with E-state index >= 15 is 0 Å². The normalized spacial score (nSPS) is 11.0. The molecule has 0 unspecified atom stereocenters. The highest BCUT2D eigenvalue weighted by Gasteiger charge is 2.03. The zero-order chi connectivity index (χ0) is 13.1. The monoisotopic (exact) mass is 252 g/mol. The molecule has 0 saturated heterocycles. The predicted octanol–water partition coefficient (Wildman–Crippen LogP) is 2.20. The van der Waals surface area contributed by atoms with Crippen LogP contribution in [0.4, 0.5) is 0 Å². The Morgan fingerprint density at radius 3 is 2.95 bits per heavy atom. The number of nitrogens with zero attached hydrogens (tertiary/aromatic N) is 3. The molecular formula is C15H16N4. The van der Waals surface area contributed by atoms with Gasteiger partial charge in [-0.15, -0.1) is 0 Å². The highest BCUT2D eigenvalue weighted by molar-refractivity contribution is 5.81. The molecule has 2 aromatic heterocycles. The number of rotatable bonds is 4. The summed E-state index contributed by atoms with van der Waals surface area (Å²) in [7, 11) is 1.92. The summed E-state index contributed by atoms with van der Waals surface area (Å²) in [6.07, 6.45) is 5.78. The van der Waals surface area contributed by atoms with Gasteiger partial charge in [0.05, 0.1) is 24.1 Å². The van der Waals surface area contributed by atoms with Gasteiger partial charge in [-0.05, 0) is 18.7 Å². The van der Waals surface area contributed by atoms with Crippen molar-refractivity contribution in [3.63, 3.8) is 0 Å². The molecule has 1 aromatic carbocycles. The quantitative estimate of drug-likeness (QED) is 0.774. The molecule has 0 saturated carbocycles. The van der Waals surface area contributed by atoms with Crippen LogP contribution in [0.1, 0.15) is 11.3 Å². The van der Waals surface area contributed by atoms with Gasteiger partial charge >= 0.3 is 0 Å². The number of benzene rings is 1. The molecule has 0 bridgehead atoms. The molecule has 0 spiro atoms. The van der Waals surface area contributed by atoms with Gasteiger partial charge in [0.15, 0.2) is 0 Å². The van der Waals surface area contributed by atoms with Crippen molar-refractivity contribution >= 4 is 10.9 Å². The standard InChI is InChI=1S/C15H16N4/c1-16-8-14-10-19(11-18-14)9-13-5-2-4-12-6-3-7-17-15(12)13/h2-7,10-11,16H,8-9H2,1H3. The van der Waals surface area contributed by atoms with Crippen LogP contribution in [0.25, 0.3) is 10.9 Å². The third-order valence-electron chi connectivity index (χ3n) is 3.11. The van der Waals surface area contributed by atoms with Gasteiger partial charge in [0, 0.05) is 24.3 Å². The lowest BCUT2D eigenvalue weighted by molar-refractivity contribution is 0.783. The number of imidazole rings is 1. The van der Waals surface area contributed by atoms with E-state index < -0.39 is 0 Å². The van der Waals surface area contributed by atoms with Gasteiger partial charge in [0.25, 0.3) is 0 Å². The number of aromatic nitrogens is 3. The zero-order valence-corrected chi connectivity index (χ0v) is 10.9. The molecule has 2 heterocycles. The van der Waals surface area contributed by atoms with Crippen molar-refractivity contribution in [1.29, 1.82) is 0 Å². The molecular weight excluding hydrogens is 236 g/mol. The van der Waals surface area contributed by atoms with Gasteiger partial charge in [0.2, 0.25) is 0 Å². The van der Waals surface area contributed by atoms with Crippen LogP contribution in [-0.4, -0.2) is 21.6 Å². The number of pyridine rings is 1. The van der Waals surface area contributed by atoms with Crippen LogP contribution in [0.2, 0.25) is 0 Å². The molecule has 3 rings (SSSR count). The molecule has 0 aliphatic carbocycles. The molecule has 4 heteroatoms. The lowest BCUT2D eigenvalue weighted by Crippen LogP contribution is -2.05. The second-order valence-electron chi connectivity index (χ2n) is 4.56. The zero-order valence-electron chi connectivity index (χ0n) is 10.9. The van der Waals surface area contributed by atoms with Gasteiger partial charge in [-0.2, -0.15) is 0 Å². The predicted molar refractivity (Wildman–Crippen MR) is 75.8 cm³/mol. The van der Waals surface area contributed by atoms with Crippen LogP contribution in [0.3, 0.4) is 0 Å². The van der Waals surface area contributed by atoms with E-state index in [-0.39, 0.29) is 0 Å². The van der Waals surface area contributed by atoms with Crippen LogP contribution in [-0.2, 0) is 13.1 Å². The summed E-state index contributed by atoms with van der Waals surface area (Å²) in [6, 6.07) is 10.3. The Hall–Kier alpha value is -2.20. The van der Waals surface area contributed by atoms with E-state index in [1.54, 1.807) is 0 Å². The van der Waals surface area contributed by atoms with Crippen molar-refractivity contribution in [3.8, 4) is 0 Å². The average molecular weight is 252 g/mol. The maximum absolute atomic E-state index is 4.47. The van der Waals surface area contributed by atoms with E-state index in [1.165, 1.54) is 10.9 Å². The van der Waals surface area contributed by atoms with E-state index in [2.05, 4.69) is 50.3 Å². The molecule has 96 valence electrons. The number of hydrogen-bond acceptors (Lipinski definition) is 3. The maximum Gasteiger partial charge on any atom is 0.0953 e. The third kappa shape index (κ3) is 2.48. The van der Waals surface area contributed by atoms with E-state index in [4.69, 9.17) is 0 Å². The van der Waals surface area contributed by atoms with E-state index in [1.807, 2.05) is 25.6 Å². The van der Waals surface area contributed by atoms with E-state index in [0.29, 0.717) is 0 Å². The van der Waals surface area contributed by atoms with Crippen molar-refractivity contribution in [1.82, 2.24) is 19.9 Å². The van der Waals surface area contributed by atoms with Crippen molar-refractivity contribution < 1.29 is 0 Å². The Kier molecular flexibility index (Phi) is 3.25. The van der Waals surface area contributed by atoms with Crippen molar-refractivity contribution in [2.24, 2.45) is 0 Å². The first-order valence-corrected chi connectivity index (χ1v) is 6.34. The summed E-state index contributed by atoms with van der Waals surface area (Å²) in [6.45, 7) is 1.59. The molecule has 19 heavy (non-hydrogen) atoms. The molecule has 0 aliphatic rings. The Morgan fingerprint density at radius 2 is 2.05 bits per heavy atom. The second-order valence-corrected chi connectivity index (χ2v) is 4.56. The van der Waals surface area contributed by atoms with Crippen molar-refractivity contribution in [3.05, 3.63) is 60.3 Å². The molecule has 1 N–H and O–H groups in total. The third-order valence-corrected chi connectivity index (χ3v) is 3.11. The minimum atomic E-state index is 0.792. The first-order valence-electron chi connectivity index (χ1n) is 6.34. The van der Waals surface area contributed by atoms with Crippen LogP contribution in [0.5, 0.6) is 0 Å². The molecule has 0 amide bonds. The fourth-order valence-electron chi connectivity index (χ4n) is 2.26. The maximum atomic E-state index is 4.47. The van der Waals surface area contributed by atoms with Gasteiger partial charge in [-0.25, -0.2) is 4.98 Å². The van der Waals surface area contributed by atoms with Crippen molar-refractivity contribution in [2.75, 3.05) is 7.05 Å². The lowest BCUT2D eigenvalue weighted by atomic mass is 10.1. The van der Waals surface area contributed by atoms with Gasteiger partial charge in [-0.1, -0.05) is 24.3 Å². The lowest BCUT2D eigenvalue weighted by Gasteiger charge is -2.06. The second kappa shape index (κ2) is 5.20. The summed E-state index contributed by atoms with van der Waals surface area (Å²) in [5, 5.41) is 4.28. The number of para-hydroxylation sites is 1. The van der Waals surface area contributed by atoms with Gasteiger partial charge in [0.1, 0.15) is 0 Å². The SMILES string of the molecule is CNCc1cn(Cc2cccc3cccnc23)cn1. The summed E-state index contributed by atoms with van der Waals surface area (Å²) < 4.78 is 2.09. The smallest absolute Gasteiger partial charge is 0.0953 e. The molecule has 0 atom stereocenters. The minimum absolute atomic E-state index is 0.792. The Balaban J connectivity index is 1.92. The Bertz CT molecular complexity index is 682. The average Bonchev–Trinajstić information content (AvgIpc) is 2.87. The summed E-state index contributed by atoms with van der Waals surface area (Å²) in [4.78, 5) is 8.84. The largest absolute Gasteiger partial charge is 0.333 e. The highest BCUT2D eigenvalue weighted by Crippen LogP contribution is 2.17. The summed E-state index contributed by atoms with van der Waals surface area (Å²) in [5.74, 6) is 0. The van der Waals surface area contributed by atoms with Crippen LogP contribution >= 0.6 is 0 Å². The first-order chi connectivity index (χ1) is 9.36. The summed E-state index contributed by atoms with van der Waals surface area (Å²) >= 11 is 0. The van der Waals surface area contributed by atoms with Crippen LogP contribution in [0, 0.1) is 0 Å². The molecule has 0 radical (unpaired) electrons. The molecule has 0 aliphatic heterocycles. The minimum Gasteiger partial charge on any atom is -0.333 e. The number of nitrogens with one attached hydrogen (secondary N) is 1.